The Bertz CT molecular complexity index is 244. The zero-order valence-corrected chi connectivity index (χ0v) is 10.9. The molecular weight excluding hydrogens is 222 g/mol. The van der Waals surface area contributed by atoms with Crippen molar-refractivity contribution in [2.45, 2.75) is 51.5 Å². The molecule has 2 fully saturated rings. The first kappa shape index (κ1) is 12.2. The van der Waals surface area contributed by atoms with Crippen molar-refractivity contribution in [3.8, 4) is 0 Å². The maximum atomic E-state index is 12.3. The average molecular weight is 244 g/mol. The molecule has 2 aliphatic carbocycles. The molecule has 0 aromatic heterocycles. The summed E-state index contributed by atoms with van der Waals surface area (Å²) in [5.41, 5.74) is 0. The molecule has 16 heavy (non-hydrogen) atoms. The summed E-state index contributed by atoms with van der Waals surface area (Å²) >= 11 is 5.78. The van der Waals surface area contributed by atoms with E-state index in [9.17, 15) is 4.79 Å². The molecule has 0 aliphatic heterocycles. The fourth-order valence-electron chi connectivity index (χ4n) is 2.69. The highest BCUT2D eigenvalue weighted by atomic mass is 35.5. The quantitative estimate of drug-likeness (QED) is 0.695. The van der Waals surface area contributed by atoms with Crippen LogP contribution in [0.25, 0.3) is 0 Å². The van der Waals surface area contributed by atoms with Gasteiger partial charge in [0.25, 0.3) is 0 Å². The zero-order chi connectivity index (χ0) is 11.5. The lowest BCUT2D eigenvalue weighted by Crippen LogP contribution is -2.40. The number of amides is 1. The third kappa shape index (κ3) is 2.91. The summed E-state index contributed by atoms with van der Waals surface area (Å²) in [6.07, 6.45) is 6.99. The molecule has 2 nitrogen and oxygen atoms in total. The van der Waals surface area contributed by atoms with Crippen LogP contribution in [0.2, 0.25) is 0 Å². The molecule has 0 bridgehead atoms. The molecule has 2 saturated carbocycles. The van der Waals surface area contributed by atoms with Gasteiger partial charge in [0.2, 0.25) is 5.91 Å². The van der Waals surface area contributed by atoms with Crippen molar-refractivity contribution >= 4 is 17.5 Å². The van der Waals surface area contributed by atoms with Gasteiger partial charge in [0.1, 0.15) is 0 Å². The Kier molecular flexibility index (Phi) is 4.12. The molecule has 92 valence electrons. The molecule has 0 atom stereocenters. The minimum Gasteiger partial charge on any atom is -0.338 e. The number of nitrogens with zero attached hydrogens (tertiary/aromatic N) is 1. The zero-order valence-electron chi connectivity index (χ0n) is 10.1. The standard InChI is InChI=1S/C13H22ClNO/c1-10-2-4-11(5-3-10)13(16)15(9-8-14)12-6-7-12/h10-12H,2-9H2,1H3. The van der Waals surface area contributed by atoms with E-state index in [1.54, 1.807) is 0 Å². The van der Waals surface area contributed by atoms with Gasteiger partial charge >= 0.3 is 0 Å². The Morgan fingerprint density at radius 1 is 1.19 bits per heavy atom. The lowest BCUT2D eigenvalue weighted by Gasteiger charge is -2.31. The predicted octanol–water partition coefficient (Wildman–Crippen LogP) is 3.04. The topological polar surface area (TPSA) is 20.3 Å². The fourth-order valence-corrected chi connectivity index (χ4v) is 2.87. The van der Waals surface area contributed by atoms with Crippen molar-refractivity contribution in [2.75, 3.05) is 12.4 Å². The maximum absolute atomic E-state index is 12.3. The van der Waals surface area contributed by atoms with Crippen molar-refractivity contribution in [1.29, 1.82) is 0 Å². The Morgan fingerprint density at radius 2 is 1.81 bits per heavy atom. The molecule has 0 heterocycles. The van der Waals surface area contributed by atoms with Crippen molar-refractivity contribution in [1.82, 2.24) is 4.90 Å². The molecule has 0 radical (unpaired) electrons. The lowest BCUT2D eigenvalue weighted by molar-refractivity contribution is -0.137. The normalized spacial score (nSPS) is 30.1. The minimum absolute atomic E-state index is 0.292. The van der Waals surface area contributed by atoms with Crippen molar-refractivity contribution in [2.24, 2.45) is 11.8 Å². The molecule has 2 aliphatic rings. The largest absolute Gasteiger partial charge is 0.338 e. The van der Waals surface area contributed by atoms with Crippen molar-refractivity contribution < 1.29 is 4.79 Å². The SMILES string of the molecule is CC1CCC(C(=O)N(CCCl)C2CC2)CC1. The molecule has 3 heteroatoms. The second kappa shape index (κ2) is 5.39. The first-order valence-electron chi connectivity index (χ1n) is 6.58. The van der Waals surface area contributed by atoms with E-state index in [0.29, 0.717) is 23.7 Å². The van der Waals surface area contributed by atoms with Crippen LogP contribution in [-0.2, 0) is 4.79 Å². The van der Waals surface area contributed by atoms with Gasteiger partial charge in [-0.05, 0) is 44.4 Å². The summed E-state index contributed by atoms with van der Waals surface area (Å²) in [4.78, 5) is 14.4. The summed E-state index contributed by atoms with van der Waals surface area (Å²) in [5, 5.41) is 0. The molecule has 0 aromatic rings. The smallest absolute Gasteiger partial charge is 0.225 e. The minimum atomic E-state index is 0.292. The summed E-state index contributed by atoms with van der Waals surface area (Å²) in [7, 11) is 0. The first-order valence-corrected chi connectivity index (χ1v) is 7.12. The molecule has 0 spiro atoms. The Balaban J connectivity index is 1.88. The van der Waals surface area contributed by atoms with E-state index in [0.717, 1.165) is 25.3 Å². The van der Waals surface area contributed by atoms with E-state index in [1.165, 1.54) is 25.7 Å². The van der Waals surface area contributed by atoms with Crippen LogP contribution in [-0.4, -0.2) is 29.3 Å². The molecule has 0 N–H and O–H groups in total. The van der Waals surface area contributed by atoms with Crippen LogP contribution in [0.3, 0.4) is 0 Å². The van der Waals surface area contributed by atoms with Crippen LogP contribution in [0.4, 0.5) is 0 Å². The van der Waals surface area contributed by atoms with Gasteiger partial charge in [-0.2, -0.15) is 0 Å². The number of rotatable bonds is 4. The molecule has 0 saturated heterocycles. The Labute approximate surface area is 103 Å². The number of carbonyl (C=O) groups excluding carboxylic acids is 1. The van der Waals surface area contributed by atoms with Gasteiger partial charge in [0, 0.05) is 24.4 Å². The summed E-state index contributed by atoms with van der Waals surface area (Å²) in [6.45, 7) is 3.04. The second-order valence-corrected chi connectivity index (χ2v) is 5.79. The molecule has 1 amide bonds. The molecule has 0 unspecified atom stereocenters. The van der Waals surface area contributed by atoms with E-state index in [2.05, 4.69) is 6.92 Å². The first-order chi connectivity index (χ1) is 7.72. The third-order valence-electron chi connectivity index (χ3n) is 3.96. The van der Waals surface area contributed by atoms with Crippen LogP contribution in [0.15, 0.2) is 0 Å². The van der Waals surface area contributed by atoms with Gasteiger partial charge in [-0.15, -0.1) is 11.6 Å². The van der Waals surface area contributed by atoms with Crippen LogP contribution >= 0.6 is 11.6 Å². The number of hydrogen-bond acceptors (Lipinski definition) is 1. The van der Waals surface area contributed by atoms with Crippen LogP contribution < -0.4 is 0 Å². The second-order valence-electron chi connectivity index (χ2n) is 5.41. The van der Waals surface area contributed by atoms with Crippen molar-refractivity contribution in [3.05, 3.63) is 0 Å². The third-order valence-corrected chi connectivity index (χ3v) is 4.13. The highest BCUT2D eigenvalue weighted by Gasteiger charge is 2.36. The van der Waals surface area contributed by atoms with E-state index in [-0.39, 0.29) is 0 Å². The average Bonchev–Trinajstić information content (AvgIpc) is 3.10. The fraction of sp³-hybridized carbons (Fsp3) is 0.923. The lowest BCUT2D eigenvalue weighted by atomic mass is 9.82. The van der Waals surface area contributed by atoms with Gasteiger partial charge < -0.3 is 4.90 Å². The number of halogens is 1. The van der Waals surface area contributed by atoms with Gasteiger partial charge in [-0.25, -0.2) is 0 Å². The number of alkyl halides is 1. The molecular formula is C13H22ClNO. The predicted molar refractivity (Wildman–Crippen MR) is 66.6 cm³/mol. The highest BCUT2D eigenvalue weighted by molar-refractivity contribution is 6.18. The van der Waals surface area contributed by atoms with E-state index in [4.69, 9.17) is 11.6 Å². The van der Waals surface area contributed by atoms with Gasteiger partial charge in [0.15, 0.2) is 0 Å². The Hall–Kier alpha value is -0.240. The number of hydrogen-bond donors (Lipinski definition) is 0. The van der Waals surface area contributed by atoms with E-state index in [1.807, 2.05) is 4.90 Å². The highest BCUT2D eigenvalue weighted by Crippen LogP contribution is 2.33. The summed E-state index contributed by atoms with van der Waals surface area (Å²) in [6, 6.07) is 0.519. The maximum Gasteiger partial charge on any atom is 0.225 e. The van der Waals surface area contributed by atoms with E-state index < -0.39 is 0 Å². The van der Waals surface area contributed by atoms with Gasteiger partial charge in [0.05, 0.1) is 0 Å². The molecule has 2 rings (SSSR count). The number of carbonyl (C=O) groups is 1. The van der Waals surface area contributed by atoms with Crippen LogP contribution in [0.5, 0.6) is 0 Å². The summed E-state index contributed by atoms with van der Waals surface area (Å²) < 4.78 is 0. The monoisotopic (exact) mass is 243 g/mol. The van der Waals surface area contributed by atoms with Crippen LogP contribution in [0, 0.1) is 11.8 Å². The van der Waals surface area contributed by atoms with Gasteiger partial charge in [-0.3, -0.25) is 4.79 Å². The van der Waals surface area contributed by atoms with E-state index >= 15 is 0 Å². The van der Waals surface area contributed by atoms with Gasteiger partial charge in [-0.1, -0.05) is 6.92 Å². The van der Waals surface area contributed by atoms with Crippen molar-refractivity contribution in [3.63, 3.8) is 0 Å². The van der Waals surface area contributed by atoms with Crippen LogP contribution in [0.1, 0.15) is 45.4 Å². The molecule has 0 aromatic carbocycles. The summed E-state index contributed by atoms with van der Waals surface area (Å²) in [5.74, 6) is 2.06. The Morgan fingerprint density at radius 3 is 2.31 bits per heavy atom.